The zero-order valence-corrected chi connectivity index (χ0v) is 21.5. The number of halogens is 3. The van der Waals surface area contributed by atoms with E-state index in [2.05, 4.69) is 40.5 Å². The number of carbonyl (C=O) groups is 2. The lowest BCUT2D eigenvalue weighted by Gasteiger charge is -2.26. The molecule has 0 saturated heterocycles. The van der Waals surface area contributed by atoms with Gasteiger partial charge in [0.05, 0.1) is 12.0 Å². The number of hydrogen-bond acceptors (Lipinski definition) is 3. The molecule has 2 N–H and O–H groups in total. The van der Waals surface area contributed by atoms with Gasteiger partial charge in [0.2, 0.25) is 0 Å². The van der Waals surface area contributed by atoms with Crippen molar-refractivity contribution in [1.29, 1.82) is 0 Å². The van der Waals surface area contributed by atoms with Crippen LogP contribution < -0.4 is 10.2 Å². The van der Waals surface area contributed by atoms with Gasteiger partial charge < -0.3 is 15.3 Å². The van der Waals surface area contributed by atoms with Crippen LogP contribution in [-0.4, -0.2) is 23.5 Å². The fourth-order valence-corrected chi connectivity index (χ4v) is 4.98. The number of nitrogens with zero attached hydrogens (tertiary/aromatic N) is 1. The summed E-state index contributed by atoms with van der Waals surface area (Å²) in [5, 5.41) is 11.4. The maximum atomic E-state index is 13.1. The molecule has 1 amide bonds. The number of hydrogen-bond donors (Lipinski definition) is 2. The summed E-state index contributed by atoms with van der Waals surface area (Å²) in [6, 6.07) is 26.7. The molecular weight excluding hydrogens is 517 g/mol. The minimum atomic E-state index is -4.40. The highest BCUT2D eigenvalue weighted by molar-refractivity contribution is 5.94. The largest absolute Gasteiger partial charge is 0.481 e. The van der Waals surface area contributed by atoms with Gasteiger partial charge in [-0.05, 0) is 76.2 Å². The van der Waals surface area contributed by atoms with E-state index in [0.29, 0.717) is 18.7 Å². The Labute approximate surface area is 229 Å². The van der Waals surface area contributed by atoms with E-state index in [4.69, 9.17) is 5.11 Å². The topological polar surface area (TPSA) is 69.6 Å². The van der Waals surface area contributed by atoms with Gasteiger partial charge in [0.25, 0.3) is 5.91 Å². The Morgan fingerprint density at radius 1 is 0.800 bits per heavy atom. The second kappa shape index (κ2) is 11.3. The van der Waals surface area contributed by atoms with Gasteiger partial charge in [0.1, 0.15) is 0 Å². The Hall–Kier alpha value is -4.59. The number of alkyl halides is 3. The number of carbonyl (C=O) groups excluding carboxylic acids is 1. The summed E-state index contributed by atoms with van der Waals surface area (Å²) in [5.41, 5.74) is 7.25. The summed E-state index contributed by atoms with van der Waals surface area (Å²) >= 11 is 0. The van der Waals surface area contributed by atoms with Crippen molar-refractivity contribution >= 4 is 17.6 Å². The molecule has 0 fully saturated rings. The van der Waals surface area contributed by atoms with E-state index < -0.39 is 17.7 Å². The molecular formula is C32H27F3N2O3. The number of anilines is 1. The van der Waals surface area contributed by atoms with Crippen LogP contribution in [0.15, 0.2) is 91.0 Å². The molecule has 0 aromatic heterocycles. The third-order valence-corrected chi connectivity index (χ3v) is 7.01. The van der Waals surface area contributed by atoms with Crippen molar-refractivity contribution in [3.8, 4) is 11.1 Å². The van der Waals surface area contributed by atoms with Crippen molar-refractivity contribution in [3.05, 3.63) is 124 Å². The highest BCUT2D eigenvalue weighted by Gasteiger charge is 2.30. The van der Waals surface area contributed by atoms with Crippen molar-refractivity contribution in [2.45, 2.75) is 32.1 Å². The van der Waals surface area contributed by atoms with Crippen LogP contribution in [0, 0.1) is 0 Å². The van der Waals surface area contributed by atoms with Gasteiger partial charge in [0.15, 0.2) is 0 Å². The highest BCUT2D eigenvalue weighted by Crippen LogP contribution is 2.37. The molecule has 0 aliphatic heterocycles. The monoisotopic (exact) mass is 544 g/mol. The Morgan fingerprint density at radius 3 is 2.15 bits per heavy atom. The molecule has 204 valence electrons. The van der Waals surface area contributed by atoms with E-state index in [1.807, 2.05) is 12.1 Å². The number of benzene rings is 4. The van der Waals surface area contributed by atoms with Crippen LogP contribution in [0.3, 0.4) is 0 Å². The Balaban J connectivity index is 1.38. The fourth-order valence-electron chi connectivity index (χ4n) is 4.98. The maximum Gasteiger partial charge on any atom is 0.416 e. The molecule has 5 rings (SSSR count). The van der Waals surface area contributed by atoms with Gasteiger partial charge in [0, 0.05) is 30.9 Å². The van der Waals surface area contributed by atoms with Gasteiger partial charge in [-0.2, -0.15) is 13.2 Å². The van der Waals surface area contributed by atoms with E-state index in [0.717, 1.165) is 35.4 Å². The lowest BCUT2D eigenvalue weighted by atomic mass is 10.0. The van der Waals surface area contributed by atoms with E-state index >= 15 is 0 Å². The fraction of sp³-hybridized carbons (Fsp3) is 0.188. The van der Waals surface area contributed by atoms with Crippen molar-refractivity contribution in [2.24, 2.45) is 0 Å². The van der Waals surface area contributed by atoms with Gasteiger partial charge in [-0.25, -0.2) is 0 Å². The second-order valence-electron chi connectivity index (χ2n) is 9.82. The number of carboxylic acid groups (broad SMARTS) is 1. The first-order valence-corrected chi connectivity index (χ1v) is 12.9. The SMILES string of the molecule is O=C(O)CCNC(=O)c1ccc(N(Cc2ccc(C(F)(F)F)cc2)Cc2ccc3c(c2)Cc2ccccc2-3)cc1. The molecule has 5 nitrogen and oxygen atoms in total. The Kier molecular flexibility index (Phi) is 7.60. The number of fused-ring (bicyclic) bond motifs is 3. The number of rotatable bonds is 9. The quantitative estimate of drug-likeness (QED) is 0.217. The standard InChI is InChI=1S/C32H27F3N2O3/c33-32(34,35)26-10-5-21(6-11-26)19-37(27-12-8-23(9-13-27)31(40)36-16-15-30(38)39)20-22-7-14-29-25(17-22)18-24-3-1-2-4-28(24)29/h1-14,17H,15-16,18-20H2,(H,36,40)(H,38,39). The molecule has 40 heavy (non-hydrogen) atoms. The molecule has 0 unspecified atom stereocenters. The van der Waals surface area contributed by atoms with Crippen LogP contribution in [0.5, 0.6) is 0 Å². The summed E-state index contributed by atoms with van der Waals surface area (Å²) in [4.78, 5) is 25.2. The molecule has 0 saturated carbocycles. The summed E-state index contributed by atoms with van der Waals surface area (Å²) in [7, 11) is 0. The molecule has 0 radical (unpaired) electrons. The predicted octanol–water partition coefficient (Wildman–Crippen LogP) is 6.69. The van der Waals surface area contributed by atoms with Crippen LogP contribution in [0.1, 0.15) is 44.6 Å². The molecule has 0 heterocycles. The molecule has 1 aliphatic carbocycles. The number of amides is 1. The Bertz CT molecular complexity index is 1530. The van der Waals surface area contributed by atoms with Gasteiger partial charge in [-0.15, -0.1) is 0 Å². The summed E-state index contributed by atoms with van der Waals surface area (Å²) in [6.07, 6.45) is -3.72. The van der Waals surface area contributed by atoms with Crippen LogP contribution in [0.2, 0.25) is 0 Å². The maximum absolute atomic E-state index is 13.1. The molecule has 4 aromatic carbocycles. The Morgan fingerprint density at radius 2 is 1.45 bits per heavy atom. The summed E-state index contributed by atoms with van der Waals surface area (Å²) < 4.78 is 39.3. The number of aliphatic carboxylic acids is 1. The first-order chi connectivity index (χ1) is 19.2. The van der Waals surface area contributed by atoms with Crippen molar-refractivity contribution in [2.75, 3.05) is 11.4 Å². The third kappa shape index (κ3) is 6.17. The second-order valence-corrected chi connectivity index (χ2v) is 9.82. The van der Waals surface area contributed by atoms with Crippen molar-refractivity contribution in [3.63, 3.8) is 0 Å². The molecule has 8 heteroatoms. The normalized spacial score (nSPS) is 12.0. The first-order valence-electron chi connectivity index (χ1n) is 12.9. The van der Waals surface area contributed by atoms with E-state index in [1.54, 1.807) is 24.3 Å². The lowest BCUT2D eigenvalue weighted by Crippen LogP contribution is -2.26. The summed E-state index contributed by atoms with van der Waals surface area (Å²) in [5.74, 6) is -1.37. The third-order valence-electron chi connectivity index (χ3n) is 7.01. The number of carboxylic acids is 1. The predicted molar refractivity (Wildman–Crippen MR) is 147 cm³/mol. The first kappa shape index (κ1) is 27.0. The molecule has 1 aliphatic rings. The van der Waals surface area contributed by atoms with E-state index in [-0.39, 0.29) is 18.9 Å². The van der Waals surface area contributed by atoms with Crippen LogP contribution in [0.4, 0.5) is 18.9 Å². The minimum absolute atomic E-state index is 0.0260. The van der Waals surface area contributed by atoms with E-state index in [1.165, 1.54) is 34.4 Å². The van der Waals surface area contributed by atoms with Crippen molar-refractivity contribution in [1.82, 2.24) is 5.32 Å². The van der Waals surface area contributed by atoms with Crippen LogP contribution >= 0.6 is 0 Å². The minimum Gasteiger partial charge on any atom is -0.481 e. The van der Waals surface area contributed by atoms with Gasteiger partial charge >= 0.3 is 12.1 Å². The molecule has 4 aromatic rings. The molecule has 0 atom stereocenters. The van der Waals surface area contributed by atoms with Gasteiger partial charge in [-0.1, -0.05) is 54.6 Å². The molecule has 0 bridgehead atoms. The van der Waals surface area contributed by atoms with Crippen molar-refractivity contribution < 1.29 is 27.9 Å². The summed E-state index contributed by atoms with van der Waals surface area (Å²) in [6.45, 7) is 0.895. The van der Waals surface area contributed by atoms with E-state index in [9.17, 15) is 22.8 Å². The van der Waals surface area contributed by atoms with Crippen LogP contribution in [-0.2, 0) is 30.5 Å². The van der Waals surface area contributed by atoms with Crippen LogP contribution in [0.25, 0.3) is 11.1 Å². The highest BCUT2D eigenvalue weighted by atomic mass is 19.4. The smallest absolute Gasteiger partial charge is 0.416 e. The zero-order chi connectivity index (χ0) is 28.3. The average Bonchev–Trinajstić information content (AvgIpc) is 3.30. The average molecular weight is 545 g/mol. The zero-order valence-electron chi connectivity index (χ0n) is 21.5. The number of nitrogens with one attached hydrogen (secondary N) is 1. The lowest BCUT2D eigenvalue weighted by molar-refractivity contribution is -0.138. The molecule has 0 spiro atoms. The van der Waals surface area contributed by atoms with Gasteiger partial charge in [-0.3, -0.25) is 9.59 Å².